The van der Waals surface area contributed by atoms with Crippen molar-refractivity contribution in [2.75, 3.05) is 0 Å². The van der Waals surface area contributed by atoms with Crippen molar-refractivity contribution < 1.29 is 9.18 Å². The van der Waals surface area contributed by atoms with Crippen molar-refractivity contribution in [1.82, 2.24) is 15.5 Å². The second kappa shape index (κ2) is 6.67. The quantitative estimate of drug-likeness (QED) is 0.743. The Morgan fingerprint density at radius 2 is 1.92 bits per heavy atom. The molecule has 3 aromatic rings. The van der Waals surface area contributed by atoms with Gasteiger partial charge in [0.05, 0.1) is 23.3 Å². The Labute approximate surface area is 145 Å². The normalized spacial score (nSPS) is 16.2. The van der Waals surface area contributed by atoms with Gasteiger partial charge >= 0.3 is 0 Å². The van der Waals surface area contributed by atoms with Gasteiger partial charge in [-0.15, -0.1) is 0 Å². The molecule has 4 rings (SSSR count). The van der Waals surface area contributed by atoms with E-state index in [1.807, 2.05) is 12.1 Å². The number of carbonyl (C=O) groups is 1. The van der Waals surface area contributed by atoms with E-state index < -0.39 is 0 Å². The van der Waals surface area contributed by atoms with Crippen LogP contribution in [0.3, 0.4) is 0 Å². The lowest BCUT2D eigenvalue weighted by atomic mass is 9.91. The number of para-hydroxylation sites is 1. The van der Waals surface area contributed by atoms with Crippen molar-refractivity contribution in [3.05, 3.63) is 65.6 Å². The molecule has 4 nitrogen and oxygen atoms in total. The number of fused-ring (bicyclic) bond motifs is 1. The minimum atomic E-state index is -0.262. The summed E-state index contributed by atoms with van der Waals surface area (Å²) in [6.45, 7) is 0. The highest BCUT2D eigenvalue weighted by molar-refractivity contribution is 6.05. The Bertz CT molecular complexity index is 881. The van der Waals surface area contributed by atoms with Gasteiger partial charge in [0.25, 0.3) is 5.91 Å². The van der Waals surface area contributed by atoms with Gasteiger partial charge < -0.3 is 5.32 Å². The van der Waals surface area contributed by atoms with Crippen LogP contribution >= 0.6 is 0 Å². The highest BCUT2D eigenvalue weighted by Gasteiger charge is 2.28. The van der Waals surface area contributed by atoms with Gasteiger partial charge in [0.1, 0.15) is 5.82 Å². The predicted molar refractivity (Wildman–Crippen MR) is 94.7 cm³/mol. The van der Waals surface area contributed by atoms with Gasteiger partial charge in [-0.2, -0.15) is 5.10 Å². The first-order valence-electron chi connectivity index (χ1n) is 8.71. The topological polar surface area (TPSA) is 57.8 Å². The summed E-state index contributed by atoms with van der Waals surface area (Å²) in [5.41, 5.74) is 2.28. The van der Waals surface area contributed by atoms with E-state index in [0.29, 0.717) is 11.5 Å². The number of benzene rings is 2. The molecule has 1 aromatic heterocycles. The number of hydrogen-bond donors (Lipinski definition) is 2. The summed E-state index contributed by atoms with van der Waals surface area (Å²) in [6.07, 6.45) is 6.22. The van der Waals surface area contributed by atoms with Crippen molar-refractivity contribution in [1.29, 1.82) is 0 Å². The second-order valence-corrected chi connectivity index (χ2v) is 6.69. The molecule has 1 aliphatic carbocycles. The molecule has 0 saturated heterocycles. The molecule has 128 valence electrons. The van der Waals surface area contributed by atoms with Crippen LogP contribution in [0.4, 0.5) is 4.39 Å². The molecule has 1 heterocycles. The molecular formula is C20H20FN3O. The first kappa shape index (κ1) is 15.8. The van der Waals surface area contributed by atoms with Crippen LogP contribution in [0.15, 0.2) is 48.7 Å². The summed E-state index contributed by atoms with van der Waals surface area (Å²) < 4.78 is 13.3. The third kappa shape index (κ3) is 3.14. The van der Waals surface area contributed by atoms with E-state index in [2.05, 4.69) is 15.5 Å². The third-order valence-corrected chi connectivity index (χ3v) is 5.11. The SMILES string of the molecule is O=C(NC(c1ccc(F)cc1)C1CCCC1)c1cccc2cn[nH]c12. The van der Waals surface area contributed by atoms with Crippen LogP contribution in [0.25, 0.3) is 10.9 Å². The summed E-state index contributed by atoms with van der Waals surface area (Å²) in [5, 5.41) is 11.0. The van der Waals surface area contributed by atoms with Gasteiger partial charge in [0.2, 0.25) is 0 Å². The molecule has 0 aliphatic heterocycles. The Morgan fingerprint density at radius 1 is 1.16 bits per heavy atom. The number of aromatic nitrogens is 2. The lowest BCUT2D eigenvalue weighted by Gasteiger charge is -2.25. The molecule has 1 fully saturated rings. The molecule has 25 heavy (non-hydrogen) atoms. The lowest BCUT2D eigenvalue weighted by molar-refractivity contribution is 0.0923. The van der Waals surface area contributed by atoms with Gasteiger partial charge in [-0.3, -0.25) is 9.89 Å². The Kier molecular flexibility index (Phi) is 4.22. The zero-order valence-electron chi connectivity index (χ0n) is 13.8. The number of aromatic amines is 1. The number of halogens is 1. The van der Waals surface area contributed by atoms with Crippen molar-refractivity contribution in [2.24, 2.45) is 5.92 Å². The van der Waals surface area contributed by atoms with Crippen molar-refractivity contribution in [2.45, 2.75) is 31.7 Å². The van der Waals surface area contributed by atoms with Crippen LogP contribution in [0.2, 0.25) is 0 Å². The van der Waals surface area contributed by atoms with E-state index in [-0.39, 0.29) is 17.8 Å². The molecule has 0 spiro atoms. The Hall–Kier alpha value is -2.69. The molecule has 2 aromatic carbocycles. The van der Waals surface area contributed by atoms with Crippen molar-refractivity contribution in [3.8, 4) is 0 Å². The number of nitrogens with zero attached hydrogens (tertiary/aromatic N) is 1. The molecule has 1 unspecified atom stereocenters. The summed E-state index contributed by atoms with van der Waals surface area (Å²) in [5.74, 6) is -0.00562. The summed E-state index contributed by atoms with van der Waals surface area (Å²) in [7, 11) is 0. The monoisotopic (exact) mass is 337 g/mol. The van der Waals surface area contributed by atoms with Crippen LogP contribution in [0.1, 0.15) is 47.6 Å². The predicted octanol–water partition coefficient (Wildman–Crippen LogP) is 4.36. The van der Waals surface area contributed by atoms with E-state index in [0.717, 1.165) is 29.3 Å². The molecule has 0 bridgehead atoms. The zero-order chi connectivity index (χ0) is 17.2. The van der Waals surface area contributed by atoms with Crippen LogP contribution in [-0.4, -0.2) is 16.1 Å². The van der Waals surface area contributed by atoms with E-state index in [1.165, 1.54) is 25.0 Å². The van der Waals surface area contributed by atoms with Crippen LogP contribution in [0, 0.1) is 11.7 Å². The Balaban J connectivity index is 1.64. The fourth-order valence-electron chi connectivity index (χ4n) is 3.81. The maximum absolute atomic E-state index is 13.3. The lowest BCUT2D eigenvalue weighted by Crippen LogP contribution is -2.33. The van der Waals surface area contributed by atoms with Gasteiger partial charge in [-0.1, -0.05) is 37.1 Å². The molecular weight excluding hydrogens is 317 g/mol. The van der Waals surface area contributed by atoms with Gasteiger partial charge in [-0.05, 0) is 42.5 Å². The van der Waals surface area contributed by atoms with E-state index in [9.17, 15) is 9.18 Å². The summed E-state index contributed by atoms with van der Waals surface area (Å²) >= 11 is 0. The van der Waals surface area contributed by atoms with E-state index >= 15 is 0 Å². The molecule has 1 aliphatic rings. The number of hydrogen-bond acceptors (Lipinski definition) is 2. The highest BCUT2D eigenvalue weighted by Crippen LogP contribution is 2.36. The first-order valence-corrected chi connectivity index (χ1v) is 8.71. The van der Waals surface area contributed by atoms with Gasteiger partial charge in [-0.25, -0.2) is 4.39 Å². The van der Waals surface area contributed by atoms with Gasteiger partial charge in [0.15, 0.2) is 0 Å². The Morgan fingerprint density at radius 3 is 2.68 bits per heavy atom. The standard InChI is InChI=1S/C20H20FN3O/c21-16-10-8-14(9-11-16)18(13-4-1-2-5-13)23-20(25)17-7-3-6-15-12-22-24-19(15)17/h3,6-13,18H,1-2,4-5H2,(H,22,24)(H,23,25). The number of nitrogens with one attached hydrogen (secondary N) is 2. The molecule has 1 amide bonds. The maximum atomic E-state index is 13.3. The van der Waals surface area contributed by atoms with Crippen molar-refractivity contribution in [3.63, 3.8) is 0 Å². The van der Waals surface area contributed by atoms with Crippen LogP contribution < -0.4 is 5.32 Å². The first-order chi connectivity index (χ1) is 12.2. The molecule has 5 heteroatoms. The molecule has 2 N–H and O–H groups in total. The summed E-state index contributed by atoms with van der Waals surface area (Å²) in [4.78, 5) is 12.9. The van der Waals surface area contributed by atoms with Crippen LogP contribution in [0.5, 0.6) is 0 Å². The van der Waals surface area contributed by atoms with Crippen molar-refractivity contribution >= 4 is 16.8 Å². The third-order valence-electron chi connectivity index (χ3n) is 5.11. The fraction of sp³-hybridized carbons (Fsp3) is 0.300. The average molecular weight is 337 g/mol. The minimum Gasteiger partial charge on any atom is -0.345 e. The van der Waals surface area contributed by atoms with E-state index in [4.69, 9.17) is 0 Å². The molecule has 1 saturated carbocycles. The van der Waals surface area contributed by atoms with Gasteiger partial charge in [0, 0.05) is 5.39 Å². The number of carbonyl (C=O) groups excluding carboxylic acids is 1. The highest BCUT2D eigenvalue weighted by atomic mass is 19.1. The number of H-pyrrole nitrogens is 1. The second-order valence-electron chi connectivity index (χ2n) is 6.69. The smallest absolute Gasteiger partial charge is 0.253 e. The number of rotatable bonds is 4. The fourth-order valence-corrected chi connectivity index (χ4v) is 3.81. The van der Waals surface area contributed by atoms with Crippen LogP contribution in [-0.2, 0) is 0 Å². The maximum Gasteiger partial charge on any atom is 0.253 e. The van der Waals surface area contributed by atoms with E-state index in [1.54, 1.807) is 24.4 Å². The minimum absolute atomic E-state index is 0.103. The molecule has 1 atom stereocenters. The zero-order valence-corrected chi connectivity index (χ0v) is 13.8. The molecule has 0 radical (unpaired) electrons. The largest absolute Gasteiger partial charge is 0.345 e. The summed E-state index contributed by atoms with van der Waals surface area (Å²) in [6, 6.07) is 11.9. The number of amides is 1. The average Bonchev–Trinajstić information content (AvgIpc) is 3.31.